The van der Waals surface area contributed by atoms with Crippen molar-refractivity contribution in [3.8, 4) is 0 Å². The summed E-state index contributed by atoms with van der Waals surface area (Å²) in [6.07, 6.45) is 0. The van der Waals surface area contributed by atoms with Gasteiger partial charge in [0.05, 0.1) is 0 Å². The van der Waals surface area contributed by atoms with Crippen LogP contribution in [0.3, 0.4) is 0 Å². The first-order valence-corrected chi connectivity index (χ1v) is 5.51. The summed E-state index contributed by atoms with van der Waals surface area (Å²) in [5, 5.41) is 10.1. The van der Waals surface area contributed by atoms with E-state index in [4.69, 9.17) is 5.73 Å². The van der Waals surface area contributed by atoms with Crippen LogP contribution in [-0.4, -0.2) is 15.6 Å². The van der Waals surface area contributed by atoms with E-state index in [-0.39, 0.29) is 6.04 Å². The summed E-state index contributed by atoms with van der Waals surface area (Å²) in [4.78, 5) is 11.2. The van der Waals surface area contributed by atoms with Crippen LogP contribution in [-0.2, 0) is 7.05 Å². The van der Waals surface area contributed by atoms with Crippen LogP contribution in [0.5, 0.6) is 0 Å². The molecule has 0 saturated carbocycles. The maximum absolute atomic E-state index is 11.2. The Morgan fingerprint density at radius 3 is 2.65 bits per heavy atom. The zero-order valence-corrected chi connectivity index (χ0v) is 10.2. The number of hydrogen-bond donors (Lipinski definition) is 2. The quantitative estimate of drug-likeness (QED) is 0.834. The molecule has 0 aliphatic carbocycles. The number of hydrogen-bond acceptors (Lipinski definition) is 2. The van der Waals surface area contributed by atoms with Crippen LogP contribution in [0.25, 0.3) is 10.9 Å². The van der Waals surface area contributed by atoms with Crippen LogP contribution in [0.2, 0.25) is 0 Å². The number of aromatic carboxylic acids is 1. The van der Waals surface area contributed by atoms with Gasteiger partial charge in [-0.3, -0.25) is 0 Å². The molecule has 1 unspecified atom stereocenters. The number of nitrogens with zero attached hydrogens (tertiary/aromatic N) is 1. The fourth-order valence-corrected chi connectivity index (χ4v) is 2.23. The molecule has 1 aromatic carbocycles. The maximum Gasteiger partial charge on any atom is 0.352 e. The summed E-state index contributed by atoms with van der Waals surface area (Å²) < 4.78 is 1.71. The number of aromatic nitrogens is 1. The molecule has 17 heavy (non-hydrogen) atoms. The van der Waals surface area contributed by atoms with Gasteiger partial charge in [-0.1, -0.05) is 6.07 Å². The first-order chi connectivity index (χ1) is 7.93. The Bertz CT molecular complexity index is 597. The van der Waals surface area contributed by atoms with E-state index >= 15 is 0 Å². The van der Waals surface area contributed by atoms with Crippen molar-refractivity contribution in [2.75, 3.05) is 0 Å². The highest BCUT2D eigenvalue weighted by atomic mass is 16.4. The van der Waals surface area contributed by atoms with Crippen LogP contribution in [0, 0.1) is 6.92 Å². The molecular weight excluding hydrogens is 216 g/mol. The molecule has 0 aliphatic rings. The van der Waals surface area contributed by atoms with Gasteiger partial charge < -0.3 is 15.4 Å². The molecule has 0 saturated heterocycles. The standard InChI is InChI=1S/C13H16N2O2/c1-7-10-6-9(8(2)14)4-5-11(10)15(3)12(7)13(16)17/h4-6,8H,14H2,1-3H3,(H,16,17). The van der Waals surface area contributed by atoms with Crippen molar-refractivity contribution >= 4 is 16.9 Å². The van der Waals surface area contributed by atoms with Gasteiger partial charge >= 0.3 is 5.97 Å². The van der Waals surface area contributed by atoms with Crippen LogP contribution in [0.15, 0.2) is 18.2 Å². The van der Waals surface area contributed by atoms with Gasteiger partial charge in [-0.25, -0.2) is 4.79 Å². The SMILES string of the molecule is Cc1c(C(=O)O)n(C)c2ccc(C(C)N)cc12. The van der Waals surface area contributed by atoms with Crippen molar-refractivity contribution in [3.63, 3.8) is 0 Å². The van der Waals surface area contributed by atoms with Crippen molar-refractivity contribution < 1.29 is 9.90 Å². The maximum atomic E-state index is 11.2. The topological polar surface area (TPSA) is 68.2 Å². The Kier molecular flexibility index (Phi) is 2.67. The summed E-state index contributed by atoms with van der Waals surface area (Å²) in [5.74, 6) is -0.899. The van der Waals surface area contributed by atoms with Crippen molar-refractivity contribution in [3.05, 3.63) is 35.0 Å². The van der Waals surface area contributed by atoms with E-state index in [2.05, 4.69) is 0 Å². The predicted molar refractivity (Wildman–Crippen MR) is 67.2 cm³/mol. The molecule has 4 nitrogen and oxygen atoms in total. The largest absolute Gasteiger partial charge is 0.477 e. The molecule has 1 heterocycles. The Morgan fingerprint density at radius 1 is 1.47 bits per heavy atom. The Balaban J connectivity index is 2.79. The molecule has 3 N–H and O–H groups in total. The Labute approximate surface area is 99.7 Å². The lowest BCUT2D eigenvalue weighted by molar-refractivity contribution is 0.0686. The minimum atomic E-state index is -0.899. The number of aryl methyl sites for hydroxylation is 2. The van der Waals surface area contributed by atoms with Gasteiger partial charge in [-0.2, -0.15) is 0 Å². The lowest BCUT2D eigenvalue weighted by Gasteiger charge is -2.05. The fraction of sp³-hybridized carbons (Fsp3) is 0.308. The third-order valence-corrected chi connectivity index (χ3v) is 3.20. The fourth-order valence-electron chi connectivity index (χ4n) is 2.23. The van der Waals surface area contributed by atoms with E-state index < -0.39 is 5.97 Å². The average molecular weight is 232 g/mol. The van der Waals surface area contributed by atoms with Crippen molar-refractivity contribution in [2.24, 2.45) is 12.8 Å². The molecule has 0 fully saturated rings. The second-order valence-corrected chi connectivity index (χ2v) is 4.40. The number of fused-ring (bicyclic) bond motifs is 1. The molecule has 0 bridgehead atoms. The lowest BCUT2D eigenvalue weighted by Crippen LogP contribution is -2.05. The molecule has 4 heteroatoms. The summed E-state index contributed by atoms with van der Waals surface area (Å²) in [6, 6.07) is 5.79. The summed E-state index contributed by atoms with van der Waals surface area (Å²) in [7, 11) is 1.77. The second kappa shape index (κ2) is 3.89. The molecule has 0 aliphatic heterocycles. The number of carboxylic acid groups (broad SMARTS) is 1. The van der Waals surface area contributed by atoms with Gasteiger partial charge in [0.15, 0.2) is 0 Å². The lowest BCUT2D eigenvalue weighted by atomic mass is 10.0. The average Bonchev–Trinajstić information content (AvgIpc) is 2.51. The van der Waals surface area contributed by atoms with Crippen LogP contribution in [0.1, 0.15) is 34.6 Å². The summed E-state index contributed by atoms with van der Waals surface area (Å²) >= 11 is 0. The molecule has 2 aromatic rings. The van der Waals surface area contributed by atoms with Crippen LogP contribution in [0.4, 0.5) is 0 Å². The van der Waals surface area contributed by atoms with E-state index in [0.29, 0.717) is 5.69 Å². The van der Waals surface area contributed by atoms with Crippen molar-refractivity contribution in [2.45, 2.75) is 19.9 Å². The highest BCUT2D eigenvalue weighted by Crippen LogP contribution is 2.27. The molecule has 2 rings (SSSR count). The molecule has 0 radical (unpaired) electrons. The third kappa shape index (κ3) is 1.70. The third-order valence-electron chi connectivity index (χ3n) is 3.20. The highest BCUT2D eigenvalue weighted by Gasteiger charge is 2.17. The second-order valence-electron chi connectivity index (χ2n) is 4.40. The molecule has 90 valence electrons. The van der Waals surface area contributed by atoms with Gasteiger partial charge in [0.1, 0.15) is 5.69 Å². The first kappa shape index (κ1) is 11.7. The summed E-state index contributed by atoms with van der Waals surface area (Å²) in [5.41, 5.74) is 8.90. The number of nitrogens with two attached hydrogens (primary N) is 1. The molecular formula is C13H16N2O2. The Hall–Kier alpha value is -1.81. The minimum absolute atomic E-state index is 0.0488. The molecule has 0 amide bonds. The van der Waals surface area contributed by atoms with Crippen LogP contribution >= 0.6 is 0 Å². The number of carbonyl (C=O) groups is 1. The molecule has 1 aromatic heterocycles. The van der Waals surface area contributed by atoms with E-state index in [1.54, 1.807) is 11.6 Å². The minimum Gasteiger partial charge on any atom is -0.477 e. The predicted octanol–water partition coefficient (Wildman–Crippen LogP) is 2.20. The zero-order chi connectivity index (χ0) is 12.7. The van der Waals surface area contributed by atoms with Crippen molar-refractivity contribution in [1.82, 2.24) is 4.57 Å². The normalized spacial score (nSPS) is 12.9. The summed E-state index contributed by atoms with van der Waals surface area (Å²) in [6.45, 7) is 3.74. The number of benzene rings is 1. The number of rotatable bonds is 2. The van der Waals surface area contributed by atoms with E-state index in [1.807, 2.05) is 32.0 Å². The van der Waals surface area contributed by atoms with Gasteiger partial charge in [-0.05, 0) is 37.1 Å². The van der Waals surface area contributed by atoms with Crippen LogP contribution < -0.4 is 5.73 Å². The van der Waals surface area contributed by atoms with Gasteiger partial charge in [0, 0.05) is 24.0 Å². The number of carboxylic acids is 1. The van der Waals surface area contributed by atoms with E-state index in [1.165, 1.54) is 0 Å². The highest BCUT2D eigenvalue weighted by molar-refractivity contribution is 5.98. The van der Waals surface area contributed by atoms with E-state index in [0.717, 1.165) is 22.0 Å². The molecule has 0 spiro atoms. The van der Waals surface area contributed by atoms with Gasteiger partial charge in [-0.15, -0.1) is 0 Å². The smallest absolute Gasteiger partial charge is 0.352 e. The van der Waals surface area contributed by atoms with Gasteiger partial charge in [0.2, 0.25) is 0 Å². The van der Waals surface area contributed by atoms with E-state index in [9.17, 15) is 9.90 Å². The monoisotopic (exact) mass is 232 g/mol. The van der Waals surface area contributed by atoms with Gasteiger partial charge in [0.25, 0.3) is 0 Å². The molecule has 1 atom stereocenters. The zero-order valence-electron chi connectivity index (χ0n) is 10.2. The van der Waals surface area contributed by atoms with Crippen molar-refractivity contribution in [1.29, 1.82) is 0 Å². The first-order valence-electron chi connectivity index (χ1n) is 5.51. The Morgan fingerprint density at radius 2 is 2.12 bits per heavy atom.